The molecule has 0 aliphatic carbocycles. The third-order valence-electron chi connectivity index (χ3n) is 5.40. The second-order valence-corrected chi connectivity index (χ2v) is 8.17. The molecule has 3 heterocycles. The molecule has 1 amide bonds. The van der Waals surface area contributed by atoms with E-state index >= 15 is 0 Å². The van der Waals surface area contributed by atoms with Crippen LogP contribution in [0.25, 0.3) is 0 Å². The molecule has 1 aliphatic heterocycles. The zero-order valence-corrected chi connectivity index (χ0v) is 19.1. The van der Waals surface area contributed by atoms with Crippen molar-refractivity contribution in [2.24, 2.45) is 0 Å². The van der Waals surface area contributed by atoms with Crippen molar-refractivity contribution in [3.05, 3.63) is 81.5 Å². The smallest absolute Gasteiger partial charge is 0.290 e. The van der Waals surface area contributed by atoms with E-state index < -0.39 is 23.5 Å². The number of carbonyl (C=O) groups is 2. The van der Waals surface area contributed by atoms with E-state index in [2.05, 4.69) is 4.98 Å². The Labute approximate surface area is 194 Å². The van der Waals surface area contributed by atoms with Crippen molar-refractivity contribution in [1.82, 2.24) is 9.88 Å². The zero-order chi connectivity index (χ0) is 23.5. The molecule has 0 fully saturated rings. The summed E-state index contributed by atoms with van der Waals surface area (Å²) in [5, 5.41) is 12.6. The Morgan fingerprint density at radius 2 is 1.76 bits per heavy atom. The van der Waals surface area contributed by atoms with Crippen molar-refractivity contribution in [3.63, 3.8) is 0 Å². The largest absolute Gasteiger partial charge is 0.503 e. The minimum absolute atomic E-state index is 0.00535. The summed E-state index contributed by atoms with van der Waals surface area (Å²) < 4.78 is 16.4. The van der Waals surface area contributed by atoms with Crippen LogP contribution in [-0.2, 0) is 11.3 Å². The quantitative estimate of drug-likeness (QED) is 0.502. The second-order valence-electron chi connectivity index (χ2n) is 7.22. The predicted octanol–water partition coefficient (Wildman–Crippen LogP) is 3.95. The van der Waals surface area contributed by atoms with E-state index in [1.54, 1.807) is 54.2 Å². The summed E-state index contributed by atoms with van der Waals surface area (Å²) in [4.78, 5) is 32.5. The van der Waals surface area contributed by atoms with Gasteiger partial charge >= 0.3 is 0 Å². The molecule has 8 nitrogen and oxygen atoms in total. The van der Waals surface area contributed by atoms with Gasteiger partial charge in [0.1, 0.15) is 0 Å². The van der Waals surface area contributed by atoms with Gasteiger partial charge in [-0.15, -0.1) is 11.3 Å². The number of benzene rings is 1. The first-order valence-electron chi connectivity index (χ1n) is 10.0. The van der Waals surface area contributed by atoms with E-state index in [0.717, 1.165) is 5.56 Å². The van der Waals surface area contributed by atoms with Crippen molar-refractivity contribution in [2.45, 2.75) is 12.6 Å². The van der Waals surface area contributed by atoms with E-state index in [1.165, 1.54) is 37.6 Å². The zero-order valence-electron chi connectivity index (χ0n) is 18.3. The van der Waals surface area contributed by atoms with Gasteiger partial charge in [0.2, 0.25) is 11.5 Å². The molecule has 3 aromatic rings. The number of aromatic nitrogens is 1. The van der Waals surface area contributed by atoms with Crippen LogP contribution < -0.4 is 14.2 Å². The van der Waals surface area contributed by atoms with Gasteiger partial charge in [0, 0.05) is 18.9 Å². The van der Waals surface area contributed by atoms with Crippen molar-refractivity contribution in [2.75, 3.05) is 21.3 Å². The molecule has 0 radical (unpaired) electrons. The molecule has 1 unspecified atom stereocenters. The van der Waals surface area contributed by atoms with Crippen molar-refractivity contribution in [3.8, 4) is 17.2 Å². The van der Waals surface area contributed by atoms with E-state index in [4.69, 9.17) is 14.2 Å². The summed E-state index contributed by atoms with van der Waals surface area (Å²) in [6.45, 7) is 0.161. The molecule has 1 atom stereocenters. The maximum absolute atomic E-state index is 13.4. The summed E-state index contributed by atoms with van der Waals surface area (Å²) in [5.41, 5.74) is 1.34. The minimum atomic E-state index is -0.867. The number of hydrogen-bond acceptors (Lipinski definition) is 8. The molecule has 170 valence electrons. The molecule has 9 heteroatoms. The molecule has 0 bridgehead atoms. The SMILES string of the molecule is COc1cc(C2C(C(=O)c3cccs3)=C(O)C(=O)N2Cc2ccncc2)cc(OC)c1OC. The van der Waals surface area contributed by atoms with Gasteiger partial charge in [0.25, 0.3) is 5.91 Å². The number of carbonyl (C=O) groups excluding carboxylic acids is 2. The molecule has 33 heavy (non-hydrogen) atoms. The summed E-state index contributed by atoms with van der Waals surface area (Å²) >= 11 is 1.24. The van der Waals surface area contributed by atoms with Crippen molar-refractivity contribution < 1.29 is 28.9 Å². The Kier molecular flexibility index (Phi) is 6.32. The van der Waals surface area contributed by atoms with Gasteiger partial charge in [-0.3, -0.25) is 14.6 Å². The molecule has 2 aromatic heterocycles. The highest BCUT2D eigenvalue weighted by Crippen LogP contribution is 2.46. The number of aliphatic hydroxyl groups is 1. The van der Waals surface area contributed by atoms with Crippen molar-refractivity contribution >= 4 is 23.0 Å². The number of nitrogens with zero attached hydrogens (tertiary/aromatic N) is 2. The van der Waals surface area contributed by atoms with E-state index in [0.29, 0.717) is 27.7 Å². The Morgan fingerprint density at radius 3 is 2.30 bits per heavy atom. The first kappa shape index (κ1) is 22.3. The monoisotopic (exact) mass is 466 g/mol. The van der Waals surface area contributed by atoms with E-state index in [9.17, 15) is 14.7 Å². The Bertz CT molecular complexity index is 1180. The molecule has 1 N–H and O–H groups in total. The van der Waals surface area contributed by atoms with Gasteiger partial charge < -0.3 is 24.2 Å². The van der Waals surface area contributed by atoms with Gasteiger partial charge in [0.05, 0.1) is 37.8 Å². The summed E-state index contributed by atoms with van der Waals surface area (Å²) in [6.07, 6.45) is 3.24. The average Bonchev–Trinajstić information content (AvgIpc) is 3.47. The molecule has 0 spiro atoms. The standard InChI is InChI=1S/C24H22N2O6S/c1-30-16-11-15(12-17(31-2)23(16)32-3)20-19(21(27)18-5-4-10-33-18)22(28)24(29)26(20)13-14-6-8-25-9-7-14/h4-12,20,28H,13H2,1-3H3. The number of methoxy groups -OCH3 is 3. The number of pyridine rings is 1. The number of rotatable bonds is 8. The molecule has 1 aliphatic rings. The maximum atomic E-state index is 13.4. The normalized spacial score (nSPS) is 15.7. The Balaban J connectivity index is 1.88. The molecular formula is C24H22N2O6S. The minimum Gasteiger partial charge on any atom is -0.503 e. The Morgan fingerprint density at radius 1 is 1.09 bits per heavy atom. The summed E-state index contributed by atoms with van der Waals surface area (Å²) in [5.74, 6) is -0.485. The highest BCUT2D eigenvalue weighted by atomic mass is 32.1. The van der Waals surface area contributed by atoms with Crippen molar-refractivity contribution in [1.29, 1.82) is 0 Å². The number of ether oxygens (including phenoxy) is 3. The lowest BCUT2D eigenvalue weighted by atomic mass is 9.94. The van der Waals surface area contributed by atoms with Gasteiger partial charge in [-0.05, 0) is 46.8 Å². The number of hydrogen-bond donors (Lipinski definition) is 1. The summed E-state index contributed by atoms with van der Waals surface area (Å²) in [6, 6.07) is 9.45. The average molecular weight is 467 g/mol. The number of aliphatic hydroxyl groups excluding tert-OH is 1. The number of ketones is 1. The molecule has 1 aromatic carbocycles. The van der Waals surface area contributed by atoms with Crippen LogP contribution in [0.2, 0.25) is 0 Å². The molecular weight excluding hydrogens is 444 g/mol. The van der Waals surface area contributed by atoms with Crippen LogP contribution in [0.3, 0.4) is 0 Å². The third kappa shape index (κ3) is 4.03. The fraction of sp³-hybridized carbons (Fsp3) is 0.208. The molecule has 0 saturated carbocycles. The van der Waals surface area contributed by atoms with Crippen LogP contribution in [0, 0.1) is 0 Å². The highest BCUT2D eigenvalue weighted by Gasteiger charge is 2.44. The Hall–Kier alpha value is -3.85. The van der Waals surface area contributed by atoms with E-state index in [1.807, 2.05) is 0 Å². The van der Waals surface area contributed by atoms with E-state index in [-0.39, 0.29) is 12.1 Å². The first-order valence-corrected chi connectivity index (χ1v) is 10.9. The lowest BCUT2D eigenvalue weighted by Crippen LogP contribution is -2.30. The fourth-order valence-corrected chi connectivity index (χ4v) is 4.56. The van der Waals surface area contributed by atoms with Crippen LogP contribution in [0.4, 0.5) is 0 Å². The highest BCUT2D eigenvalue weighted by molar-refractivity contribution is 7.12. The van der Waals surface area contributed by atoms with Gasteiger partial charge in [-0.2, -0.15) is 0 Å². The molecule has 0 saturated heterocycles. The molecule has 4 rings (SSSR count). The maximum Gasteiger partial charge on any atom is 0.290 e. The van der Waals surface area contributed by atoms with Crippen LogP contribution in [0.15, 0.2) is 65.5 Å². The summed E-state index contributed by atoms with van der Waals surface area (Å²) in [7, 11) is 4.47. The number of amides is 1. The van der Waals surface area contributed by atoms with Crippen LogP contribution in [0.1, 0.15) is 26.8 Å². The van der Waals surface area contributed by atoms with Crippen LogP contribution in [-0.4, -0.2) is 48.0 Å². The number of Topliss-reactive ketones (excluding diaryl/α,β-unsaturated/α-hetero) is 1. The van der Waals surface area contributed by atoms with Gasteiger partial charge in [-0.25, -0.2) is 0 Å². The fourth-order valence-electron chi connectivity index (χ4n) is 3.88. The van der Waals surface area contributed by atoms with Crippen LogP contribution in [0.5, 0.6) is 17.2 Å². The lowest BCUT2D eigenvalue weighted by Gasteiger charge is -2.28. The topological polar surface area (TPSA) is 98.2 Å². The third-order valence-corrected chi connectivity index (χ3v) is 6.27. The first-order chi connectivity index (χ1) is 16.0. The van der Waals surface area contributed by atoms with Gasteiger partial charge in [0.15, 0.2) is 17.3 Å². The second kappa shape index (κ2) is 9.33. The predicted molar refractivity (Wildman–Crippen MR) is 122 cm³/mol. The van der Waals surface area contributed by atoms with Crippen LogP contribution >= 0.6 is 11.3 Å². The van der Waals surface area contributed by atoms with Gasteiger partial charge in [-0.1, -0.05) is 6.07 Å². The number of thiophene rings is 1. The lowest BCUT2D eigenvalue weighted by molar-refractivity contribution is -0.130.